The molecule has 94 valence electrons. The second-order valence-electron chi connectivity index (χ2n) is 6.27. The summed E-state index contributed by atoms with van der Waals surface area (Å²) < 4.78 is 11.0. The molecule has 0 aromatic carbocycles. The summed E-state index contributed by atoms with van der Waals surface area (Å²) in [7, 11) is 0. The van der Waals surface area contributed by atoms with Gasteiger partial charge in [-0.25, -0.2) is 4.79 Å². The van der Waals surface area contributed by atoms with Crippen molar-refractivity contribution in [2.45, 2.75) is 50.7 Å². The van der Waals surface area contributed by atoms with E-state index in [0.29, 0.717) is 12.5 Å². The van der Waals surface area contributed by atoms with Gasteiger partial charge in [-0.05, 0) is 56.3 Å². The van der Waals surface area contributed by atoms with Crippen LogP contribution in [-0.4, -0.2) is 24.3 Å². The van der Waals surface area contributed by atoms with Gasteiger partial charge >= 0.3 is 5.97 Å². The van der Waals surface area contributed by atoms with Crippen LogP contribution in [0.25, 0.3) is 0 Å². The van der Waals surface area contributed by atoms with Crippen LogP contribution in [-0.2, 0) is 14.3 Å². The molecule has 3 saturated carbocycles. The zero-order chi connectivity index (χ0) is 11.6. The van der Waals surface area contributed by atoms with Crippen molar-refractivity contribution in [3.63, 3.8) is 0 Å². The third-order valence-electron chi connectivity index (χ3n) is 5.74. The van der Waals surface area contributed by atoms with Crippen LogP contribution < -0.4 is 0 Å². The van der Waals surface area contributed by atoms with Crippen LogP contribution in [0.1, 0.15) is 39.0 Å². The highest BCUT2D eigenvalue weighted by Gasteiger charge is 2.74. The fourth-order valence-electron chi connectivity index (χ4n) is 5.22. The van der Waals surface area contributed by atoms with Crippen molar-refractivity contribution in [2.75, 3.05) is 6.61 Å². The Bertz CT molecular complexity index is 366. The number of esters is 1. The highest BCUT2D eigenvalue weighted by atomic mass is 16.7. The van der Waals surface area contributed by atoms with Crippen molar-refractivity contribution >= 4 is 5.97 Å². The normalized spacial score (nSPS) is 54.1. The Balaban J connectivity index is 1.54. The molecule has 0 N–H and O–H groups in total. The second-order valence-corrected chi connectivity index (χ2v) is 6.27. The van der Waals surface area contributed by atoms with Gasteiger partial charge in [-0.15, -0.1) is 0 Å². The third kappa shape index (κ3) is 1.19. The first kappa shape index (κ1) is 10.4. The number of carbonyl (C=O) groups excluding carboxylic acids is 1. The molecule has 3 heteroatoms. The molecular formula is C14H20O3. The zero-order valence-corrected chi connectivity index (χ0v) is 10.4. The van der Waals surface area contributed by atoms with Crippen molar-refractivity contribution in [2.24, 2.45) is 23.7 Å². The Morgan fingerprint density at radius 2 is 2.24 bits per heavy atom. The lowest BCUT2D eigenvalue weighted by Crippen LogP contribution is -2.35. The lowest BCUT2D eigenvalue weighted by Gasteiger charge is -2.29. The number of carbonyl (C=O) groups is 1. The zero-order valence-electron chi connectivity index (χ0n) is 10.4. The molecule has 4 aliphatic rings. The van der Waals surface area contributed by atoms with Crippen molar-refractivity contribution in [3.05, 3.63) is 0 Å². The molecule has 3 nitrogen and oxygen atoms in total. The van der Waals surface area contributed by atoms with Crippen LogP contribution in [0, 0.1) is 23.7 Å². The van der Waals surface area contributed by atoms with Gasteiger partial charge in [-0.3, -0.25) is 0 Å². The number of hydrogen-bond acceptors (Lipinski definition) is 3. The molecule has 1 aliphatic heterocycles. The minimum Gasteiger partial charge on any atom is -0.464 e. The molecule has 6 atom stereocenters. The van der Waals surface area contributed by atoms with E-state index in [4.69, 9.17) is 9.47 Å². The molecule has 0 radical (unpaired) electrons. The van der Waals surface area contributed by atoms with Crippen LogP contribution in [0.2, 0.25) is 0 Å². The van der Waals surface area contributed by atoms with E-state index in [1.54, 1.807) is 0 Å². The molecule has 2 bridgehead atoms. The van der Waals surface area contributed by atoms with Crippen molar-refractivity contribution in [1.29, 1.82) is 0 Å². The summed E-state index contributed by atoms with van der Waals surface area (Å²) in [6.45, 7) is 2.33. The largest absolute Gasteiger partial charge is 0.464 e. The summed E-state index contributed by atoms with van der Waals surface area (Å²) in [6, 6.07) is 0. The first-order valence-electron chi connectivity index (χ1n) is 7.10. The number of rotatable bonds is 2. The maximum Gasteiger partial charge on any atom is 0.338 e. The maximum absolute atomic E-state index is 11.8. The highest BCUT2D eigenvalue weighted by Crippen LogP contribution is 2.69. The van der Waals surface area contributed by atoms with Gasteiger partial charge in [0.1, 0.15) is 5.60 Å². The van der Waals surface area contributed by atoms with Crippen molar-refractivity contribution in [1.82, 2.24) is 0 Å². The topological polar surface area (TPSA) is 38.8 Å². The summed E-state index contributed by atoms with van der Waals surface area (Å²) in [5.74, 6) is 3.20. The molecule has 4 rings (SSSR count). The first-order valence-corrected chi connectivity index (χ1v) is 7.10. The average molecular weight is 236 g/mol. The quantitative estimate of drug-likeness (QED) is 0.544. The fraction of sp³-hybridized carbons (Fsp3) is 0.929. The molecule has 17 heavy (non-hydrogen) atoms. The summed E-state index contributed by atoms with van der Waals surface area (Å²) >= 11 is 0. The van der Waals surface area contributed by atoms with Gasteiger partial charge in [0.25, 0.3) is 0 Å². The number of epoxide rings is 1. The summed E-state index contributed by atoms with van der Waals surface area (Å²) in [5.41, 5.74) is -0.0809. The Morgan fingerprint density at radius 1 is 1.41 bits per heavy atom. The summed E-state index contributed by atoms with van der Waals surface area (Å²) in [4.78, 5) is 11.8. The lowest BCUT2D eigenvalue weighted by atomic mass is 9.74. The Hall–Kier alpha value is -0.570. The smallest absolute Gasteiger partial charge is 0.338 e. The fourth-order valence-corrected chi connectivity index (χ4v) is 5.22. The lowest BCUT2D eigenvalue weighted by molar-refractivity contribution is -0.144. The molecule has 1 spiro atoms. The molecule has 0 unspecified atom stereocenters. The van der Waals surface area contributed by atoms with E-state index in [9.17, 15) is 4.79 Å². The highest BCUT2D eigenvalue weighted by molar-refractivity contribution is 5.79. The minimum absolute atomic E-state index is 0.0809. The van der Waals surface area contributed by atoms with Gasteiger partial charge in [0.05, 0.1) is 6.61 Å². The van der Waals surface area contributed by atoms with Crippen molar-refractivity contribution < 1.29 is 14.3 Å². The van der Waals surface area contributed by atoms with Crippen LogP contribution in [0.3, 0.4) is 0 Å². The molecule has 0 amide bonds. The predicted octanol–water partition coefficient (Wildman–Crippen LogP) is 2.14. The maximum atomic E-state index is 11.8. The van der Waals surface area contributed by atoms with Gasteiger partial charge < -0.3 is 9.47 Å². The van der Waals surface area contributed by atoms with E-state index >= 15 is 0 Å². The Labute approximate surface area is 102 Å². The third-order valence-corrected chi connectivity index (χ3v) is 5.74. The van der Waals surface area contributed by atoms with E-state index in [0.717, 1.165) is 24.2 Å². The van der Waals surface area contributed by atoms with E-state index in [1.807, 2.05) is 6.92 Å². The Kier molecular flexibility index (Phi) is 1.98. The van der Waals surface area contributed by atoms with Gasteiger partial charge in [0.2, 0.25) is 0 Å². The minimum atomic E-state index is -0.223. The number of ether oxygens (including phenoxy) is 2. The molecule has 1 saturated heterocycles. The molecule has 4 fully saturated rings. The SMILES string of the molecule is CCOC(=O)[C@@H]1O[C@]12C[C@H]1C[C@H]2[C@@H]2CCC[C@@H]12. The molecule has 1 heterocycles. The van der Waals surface area contributed by atoms with Crippen molar-refractivity contribution in [3.8, 4) is 0 Å². The summed E-state index contributed by atoms with van der Waals surface area (Å²) in [6.07, 6.45) is 6.40. The number of hydrogen-bond donors (Lipinski definition) is 0. The monoisotopic (exact) mass is 236 g/mol. The van der Waals surface area contributed by atoms with Gasteiger partial charge in [0.15, 0.2) is 6.10 Å². The molecule has 0 aromatic rings. The van der Waals surface area contributed by atoms with Crippen LogP contribution >= 0.6 is 0 Å². The Morgan fingerprint density at radius 3 is 3.06 bits per heavy atom. The standard InChI is InChI=1S/C14H20O3/c1-2-16-13(15)12-14(17-12)7-8-6-11(14)10-5-3-4-9(8)10/h8-12H,2-7H2,1H3/t8-,9+,10-,11+,12+,14+/m1/s1. The predicted molar refractivity (Wildman–Crippen MR) is 61.3 cm³/mol. The van der Waals surface area contributed by atoms with Gasteiger partial charge in [-0.1, -0.05) is 6.42 Å². The van der Waals surface area contributed by atoms with E-state index in [2.05, 4.69) is 0 Å². The molecular weight excluding hydrogens is 216 g/mol. The van der Waals surface area contributed by atoms with Gasteiger partial charge in [0, 0.05) is 0 Å². The molecule has 3 aliphatic carbocycles. The number of fused-ring (bicyclic) bond motifs is 6. The summed E-state index contributed by atoms with van der Waals surface area (Å²) in [5, 5.41) is 0. The van der Waals surface area contributed by atoms with Crippen LogP contribution in [0.4, 0.5) is 0 Å². The van der Waals surface area contributed by atoms with Gasteiger partial charge in [-0.2, -0.15) is 0 Å². The van der Waals surface area contributed by atoms with Crippen LogP contribution in [0.15, 0.2) is 0 Å². The average Bonchev–Trinajstić information content (AvgIpc) is 2.69. The van der Waals surface area contributed by atoms with E-state index in [-0.39, 0.29) is 17.7 Å². The second kappa shape index (κ2) is 3.25. The molecule has 0 aromatic heterocycles. The van der Waals surface area contributed by atoms with Crippen LogP contribution in [0.5, 0.6) is 0 Å². The van der Waals surface area contributed by atoms with E-state index in [1.165, 1.54) is 25.7 Å². The van der Waals surface area contributed by atoms with E-state index < -0.39 is 0 Å². The first-order chi connectivity index (χ1) is 8.26.